The van der Waals surface area contributed by atoms with Gasteiger partial charge in [-0.2, -0.15) is 0 Å². The molecule has 0 saturated carbocycles. The summed E-state index contributed by atoms with van der Waals surface area (Å²) in [7, 11) is 0. The van der Waals surface area contributed by atoms with Crippen molar-refractivity contribution in [3.63, 3.8) is 0 Å². The first-order valence-electron chi connectivity index (χ1n) is 7.06. The molecule has 0 bridgehead atoms. The molecule has 1 aliphatic heterocycles. The number of aryl methyl sites for hydroxylation is 1. The van der Waals surface area contributed by atoms with Crippen LogP contribution < -0.4 is 19.9 Å². The second-order valence-corrected chi connectivity index (χ2v) is 4.88. The summed E-state index contributed by atoms with van der Waals surface area (Å²) in [6, 6.07) is 3.71. The van der Waals surface area contributed by atoms with Gasteiger partial charge in [-0.25, -0.2) is 4.98 Å². The predicted octanol–water partition coefficient (Wildman–Crippen LogP) is 2.06. The molecule has 0 fully saturated rings. The highest BCUT2D eigenvalue weighted by Gasteiger charge is 2.17. The Hall–Kier alpha value is -2.21. The number of benzene rings is 1. The zero-order valence-electron chi connectivity index (χ0n) is 12.0. The molecule has 0 atom stereocenters. The minimum absolute atomic E-state index is 0.242. The molecule has 0 radical (unpaired) electrons. The van der Waals surface area contributed by atoms with Gasteiger partial charge in [-0.1, -0.05) is 6.92 Å². The Morgan fingerprint density at radius 3 is 2.90 bits per heavy atom. The van der Waals surface area contributed by atoms with Crippen LogP contribution in [0, 0.1) is 0 Å². The molecule has 2 heterocycles. The fourth-order valence-electron chi connectivity index (χ4n) is 2.32. The number of fused-ring (bicyclic) bond motifs is 1. The van der Waals surface area contributed by atoms with E-state index in [2.05, 4.69) is 16.5 Å². The molecule has 21 heavy (non-hydrogen) atoms. The monoisotopic (exact) mass is 289 g/mol. The number of hydrogen-bond acceptors (Lipinski definition) is 5. The van der Waals surface area contributed by atoms with Crippen LogP contribution in [0.2, 0.25) is 0 Å². The lowest BCUT2D eigenvalue weighted by Gasteiger charge is -2.12. The van der Waals surface area contributed by atoms with E-state index in [0.717, 1.165) is 35.7 Å². The van der Waals surface area contributed by atoms with Crippen LogP contribution in [0.15, 0.2) is 24.7 Å². The van der Waals surface area contributed by atoms with Crippen molar-refractivity contribution in [3.05, 3.63) is 35.9 Å². The lowest BCUT2D eigenvalue weighted by Crippen LogP contribution is -2.07. The highest BCUT2D eigenvalue weighted by Crippen LogP contribution is 2.38. The van der Waals surface area contributed by atoms with Gasteiger partial charge in [0, 0.05) is 24.7 Å². The van der Waals surface area contributed by atoms with Crippen LogP contribution in [0.4, 0.5) is 0 Å². The third kappa shape index (κ3) is 2.80. The lowest BCUT2D eigenvalue weighted by molar-refractivity contribution is 0.173. The van der Waals surface area contributed by atoms with Crippen molar-refractivity contribution in [1.82, 2.24) is 9.55 Å². The maximum Gasteiger partial charge on any atom is 0.231 e. The molecule has 0 saturated heterocycles. The minimum atomic E-state index is 0.242. The second kappa shape index (κ2) is 6.05. The molecular weight excluding hydrogens is 270 g/mol. The summed E-state index contributed by atoms with van der Waals surface area (Å²) in [5.41, 5.74) is 7.72. The number of ether oxygens (including phenoxy) is 3. The maximum atomic E-state index is 5.91. The summed E-state index contributed by atoms with van der Waals surface area (Å²) in [6.45, 7) is 4.15. The number of nitrogens with two attached hydrogens (primary N) is 1. The summed E-state index contributed by atoms with van der Waals surface area (Å²) < 4.78 is 18.7. The molecule has 6 heteroatoms. The van der Waals surface area contributed by atoms with E-state index in [1.165, 1.54) is 0 Å². The van der Waals surface area contributed by atoms with E-state index in [-0.39, 0.29) is 6.79 Å². The van der Waals surface area contributed by atoms with Gasteiger partial charge in [-0.3, -0.25) is 0 Å². The molecule has 0 aliphatic carbocycles. The van der Waals surface area contributed by atoms with E-state index in [0.29, 0.717) is 18.9 Å². The molecule has 1 aromatic heterocycles. The van der Waals surface area contributed by atoms with E-state index in [1.807, 2.05) is 24.7 Å². The number of hydrogen-bond donors (Lipinski definition) is 1. The largest absolute Gasteiger partial charge is 0.487 e. The maximum absolute atomic E-state index is 5.91. The van der Waals surface area contributed by atoms with Gasteiger partial charge in [-0.15, -0.1) is 0 Å². The van der Waals surface area contributed by atoms with E-state index in [9.17, 15) is 0 Å². The number of rotatable bonds is 6. The van der Waals surface area contributed by atoms with Gasteiger partial charge in [0.2, 0.25) is 6.79 Å². The van der Waals surface area contributed by atoms with Gasteiger partial charge in [0.15, 0.2) is 11.5 Å². The average Bonchev–Trinajstić information content (AvgIpc) is 3.12. The zero-order chi connectivity index (χ0) is 14.7. The highest BCUT2D eigenvalue weighted by molar-refractivity contribution is 5.51. The van der Waals surface area contributed by atoms with Crippen LogP contribution >= 0.6 is 0 Å². The highest BCUT2D eigenvalue weighted by atomic mass is 16.7. The Labute approximate surface area is 123 Å². The molecule has 0 amide bonds. The number of nitrogens with zero attached hydrogens (tertiary/aromatic N) is 2. The van der Waals surface area contributed by atoms with Crippen LogP contribution in [0.25, 0.3) is 0 Å². The first-order valence-corrected chi connectivity index (χ1v) is 7.06. The second-order valence-electron chi connectivity index (χ2n) is 4.88. The van der Waals surface area contributed by atoms with Crippen LogP contribution in [0.1, 0.15) is 24.6 Å². The van der Waals surface area contributed by atoms with Gasteiger partial charge >= 0.3 is 0 Å². The van der Waals surface area contributed by atoms with E-state index in [4.69, 9.17) is 19.9 Å². The van der Waals surface area contributed by atoms with Gasteiger partial charge < -0.3 is 24.5 Å². The molecule has 0 spiro atoms. The molecule has 1 aromatic carbocycles. The lowest BCUT2D eigenvalue weighted by atomic mass is 10.2. The first kappa shape index (κ1) is 13.8. The smallest absolute Gasteiger partial charge is 0.231 e. The Kier molecular flexibility index (Phi) is 3.96. The topological polar surface area (TPSA) is 71.5 Å². The molecule has 0 unspecified atom stereocenters. The Morgan fingerprint density at radius 1 is 1.33 bits per heavy atom. The van der Waals surface area contributed by atoms with Gasteiger partial charge in [0.25, 0.3) is 0 Å². The van der Waals surface area contributed by atoms with Crippen molar-refractivity contribution in [1.29, 1.82) is 0 Å². The van der Waals surface area contributed by atoms with E-state index in [1.54, 1.807) is 0 Å². The molecule has 1 aliphatic rings. The first-order chi connectivity index (χ1) is 10.3. The Bertz CT molecular complexity index is 625. The standard InChI is InChI=1S/C15H19N3O3/c1-2-3-18-9-17-7-12(18)8-19-13-5-15-14(20-10-21-15)4-11(13)6-16/h4-5,7,9H,2-3,6,8,10,16H2,1H3. The van der Waals surface area contributed by atoms with Crippen LogP contribution in [0.3, 0.4) is 0 Å². The van der Waals surface area contributed by atoms with Gasteiger partial charge in [0.05, 0.1) is 18.2 Å². The SMILES string of the molecule is CCCn1cncc1COc1cc2c(cc1CN)OCO2. The summed E-state index contributed by atoms with van der Waals surface area (Å²) in [6.07, 6.45) is 4.71. The fraction of sp³-hybridized carbons (Fsp3) is 0.400. The van der Waals surface area contributed by atoms with E-state index >= 15 is 0 Å². The van der Waals surface area contributed by atoms with E-state index < -0.39 is 0 Å². The minimum Gasteiger partial charge on any atom is -0.487 e. The van der Waals surface area contributed by atoms with Crippen LogP contribution in [-0.4, -0.2) is 16.3 Å². The van der Waals surface area contributed by atoms with Crippen molar-refractivity contribution in [3.8, 4) is 17.2 Å². The summed E-state index contributed by atoms with van der Waals surface area (Å²) in [5.74, 6) is 2.15. The van der Waals surface area contributed by atoms with Crippen LogP contribution in [0.5, 0.6) is 17.2 Å². The normalized spacial score (nSPS) is 12.7. The predicted molar refractivity (Wildman–Crippen MR) is 77.3 cm³/mol. The molecule has 2 aromatic rings. The van der Waals surface area contributed by atoms with Crippen molar-refractivity contribution >= 4 is 0 Å². The summed E-state index contributed by atoms with van der Waals surface area (Å²) in [5, 5.41) is 0. The summed E-state index contributed by atoms with van der Waals surface area (Å²) in [4.78, 5) is 4.17. The van der Waals surface area contributed by atoms with Crippen LogP contribution in [-0.2, 0) is 19.7 Å². The third-order valence-corrected chi connectivity index (χ3v) is 3.41. The molecule has 2 N–H and O–H groups in total. The number of imidazole rings is 1. The van der Waals surface area contributed by atoms with Crippen molar-refractivity contribution in [2.45, 2.75) is 33.0 Å². The molecule has 112 valence electrons. The van der Waals surface area contributed by atoms with Crippen molar-refractivity contribution in [2.24, 2.45) is 5.73 Å². The third-order valence-electron chi connectivity index (χ3n) is 3.41. The zero-order valence-corrected chi connectivity index (χ0v) is 12.0. The Balaban J connectivity index is 1.77. The summed E-state index contributed by atoms with van der Waals surface area (Å²) >= 11 is 0. The van der Waals surface area contributed by atoms with Crippen molar-refractivity contribution < 1.29 is 14.2 Å². The van der Waals surface area contributed by atoms with Crippen molar-refractivity contribution in [2.75, 3.05) is 6.79 Å². The fourth-order valence-corrected chi connectivity index (χ4v) is 2.32. The van der Waals surface area contributed by atoms with Gasteiger partial charge in [-0.05, 0) is 12.5 Å². The quantitative estimate of drug-likeness (QED) is 0.881. The molecule has 6 nitrogen and oxygen atoms in total. The molecular formula is C15H19N3O3. The van der Waals surface area contributed by atoms with Gasteiger partial charge in [0.1, 0.15) is 12.4 Å². The average molecular weight is 289 g/mol. The Morgan fingerprint density at radius 2 is 2.14 bits per heavy atom. The molecule has 3 rings (SSSR count). The number of aromatic nitrogens is 2.